The normalized spacial score (nSPS) is 15.6. The molecule has 0 N–H and O–H groups in total. The van der Waals surface area contributed by atoms with Crippen LogP contribution in [0.15, 0.2) is 48.5 Å². The second kappa shape index (κ2) is 8.30. The lowest BCUT2D eigenvalue weighted by atomic mass is 10.00. The number of carbonyl (C=O) groups excluding carboxylic acids is 1. The Bertz CT molecular complexity index is 683. The van der Waals surface area contributed by atoms with Gasteiger partial charge in [-0.25, -0.2) is 0 Å². The molecule has 2 aromatic carbocycles. The molecule has 132 valence electrons. The second-order valence-electron chi connectivity index (χ2n) is 6.75. The molecule has 0 aliphatic carbocycles. The van der Waals surface area contributed by atoms with E-state index in [1.54, 1.807) is 0 Å². The largest absolute Gasteiger partial charge is 0.369 e. The second-order valence-corrected chi connectivity index (χ2v) is 6.75. The fourth-order valence-corrected chi connectivity index (χ4v) is 3.86. The minimum absolute atomic E-state index is 0.726. The zero-order chi connectivity index (χ0) is 17.6. The summed E-state index contributed by atoms with van der Waals surface area (Å²) in [4.78, 5) is 16.3. The van der Waals surface area contributed by atoms with Gasteiger partial charge >= 0.3 is 0 Å². The first-order chi connectivity index (χ1) is 12.3. The molecule has 0 amide bonds. The number of hydrogen-bond donors (Lipinski definition) is 0. The Kier molecular flexibility index (Phi) is 5.87. The van der Waals surface area contributed by atoms with Gasteiger partial charge in [0.25, 0.3) is 0 Å². The van der Waals surface area contributed by atoms with Crippen LogP contribution in [0.1, 0.15) is 37.0 Å². The van der Waals surface area contributed by atoms with Crippen molar-refractivity contribution in [3.63, 3.8) is 0 Å². The van der Waals surface area contributed by atoms with Gasteiger partial charge in [-0.3, -0.25) is 9.69 Å². The number of piperazine rings is 1. The van der Waals surface area contributed by atoms with Crippen LogP contribution in [0.2, 0.25) is 0 Å². The predicted molar refractivity (Wildman–Crippen MR) is 105 cm³/mol. The monoisotopic (exact) mass is 336 g/mol. The Balaban J connectivity index is 1.68. The van der Waals surface area contributed by atoms with Crippen molar-refractivity contribution in [2.24, 2.45) is 0 Å². The molecule has 3 heteroatoms. The summed E-state index contributed by atoms with van der Waals surface area (Å²) in [6, 6.07) is 17.1. The maximum Gasteiger partial charge on any atom is 0.150 e. The van der Waals surface area contributed by atoms with Crippen LogP contribution >= 0.6 is 0 Å². The first-order valence-electron chi connectivity index (χ1n) is 9.40. The van der Waals surface area contributed by atoms with Crippen LogP contribution in [0.25, 0.3) is 11.1 Å². The van der Waals surface area contributed by atoms with E-state index in [1.807, 2.05) is 24.3 Å². The minimum atomic E-state index is 0.726. The van der Waals surface area contributed by atoms with Gasteiger partial charge in [0, 0.05) is 43.5 Å². The lowest BCUT2D eigenvalue weighted by molar-refractivity contribution is 0.112. The molecule has 0 spiro atoms. The molecule has 2 aromatic rings. The van der Waals surface area contributed by atoms with Crippen molar-refractivity contribution in [1.82, 2.24) is 4.90 Å². The molecule has 3 rings (SSSR count). The maximum atomic E-state index is 11.2. The molecule has 0 aromatic heterocycles. The van der Waals surface area contributed by atoms with Gasteiger partial charge in [-0.2, -0.15) is 0 Å². The fraction of sp³-hybridized carbons (Fsp3) is 0.409. The average Bonchev–Trinajstić information content (AvgIpc) is 2.69. The standard InChI is InChI=1S/C22H28N2O/c1-3-20(4-2)23-13-15-24(16-14-23)21-11-9-18(10-12-21)22-8-6-5-7-19(22)17-25/h5-12,17,20H,3-4,13-16H2,1-2H3. The molecule has 0 atom stereocenters. The van der Waals surface area contributed by atoms with Gasteiger partial charge in [0.1, 0.15) is 0 Å². The van der Waals surface area contributed by atoms with Crippen LogP contribution in [0.5, 0.6) is 0 Å². The van der Waals surface area contributed by atoms with Gasteiger partial charge in [0.2, 0.25) is 0 Å². The number of rotatable bonds is 6. The number of nitrogens with zero attached hydrogens (tertiary/aromatic N) is 2. The van der Waals surface area contributed by atoms with E-state index >= 15 is 0 Å². The number of anilines is 1. The smallest absolute Gasteiger partial charge is 0.150 e. The van der Waals surface area contributed by atoms with Gasteiger partial charge in [0.15, 0.2) is 6.29 Å². The molecule has 0 unspecified atom stereocenters. The van der Waals surface area contributed by atoms with Crippen LogP contribution in [-0.2, 0) is 0 Å². The van der Waals surface area contributed by atoms with Crippen LogP contribution in [-0.4, -0.2) is 43.4 Å². The number of hydrogen-bond acceptors (Lipinski definition) is 3. The summed E-state index contributed by atoms with van der Waals surface area (Å²) in [5.74, 6) is 0. The van der Waals surface area contributed by atoms with Gasteiger partial charge in [0.05, 0.1) is 0 Å². The van der Waals surface area contributed by atoms with E-state index in [9.17, 15) is 4.79 Å². The van der Waals surface area contributed by atoms with Crippen molar-refractivity contribution >= 4 is 12.0 Å². The van der Waals surface area contributed by atoms with Gasteiger partial charge < -0.3 is 4.90 Å². The summed E-state index contributed by atoms with van der Waals surface area (Å²) in [6.45, 7) is 9.03. The van der Waals surface area contributed by atoms with Crippen LogP contribution in [0.4, 0.5) is 5.69 Å². The molecule has 1 heterocycles. The van der Waals surface area contributed by atoms with Crippen LogP contribution in [0.3, 0.4) is 0 Å². The van der Waals surface area contributed by atoms with Crippen molar-refractivity contribution in [3.8, 4) is 11.1 Å². The third kappa shape index (κ3) is 3.93. The van der Waals surface area contributed by atoms with E-state index in [0.717, 1.165) is 55.2 Å². The minimum Gasteiger partial charge on any atom is -0.369 e. The Morgan fingerprint density at radius 3 is 2.16 bits per heavy atom. The molecule has 0 saturated carbocycles. The van der Waals surface area contributed by atoms with E-state index in [4.69, 9.17) is 0 Å². The lowest BCUT2D eigenvalue weighted by Gasteiger charge is -2.40. The zero-order valence-electron chi connectivity index (χ0n) is 15.3. The summed E-state index contributed by atoms with van der Waals surface area (Å²) in [5.41, 5.74) is 4.12. The molecular weight excluding hydrogens is 308 g/mol. The maximum absolute atomic E-state index is 11.2. The van der Waals surface area contributed by atoms with Gasteiger partial charge in [-0.1, -0.05) is 50.2 Å². The first-order valence-corrected chi connectivity index (χ1v) is 9.40. The van der Waals surface area contributed by atoms with Crippen molar-refractivity contribution in [1.29, 1.82) is 0 Å². The Morgan fingerprint density at radius 1 is 0.920 bits per heavy atom. The lowest BCUT2D eigenvalue weighted by Crippen LogP contribution is -2.50. The average molecular weight is 336 g/mol. The Hall–Kier alpha value is -2.13. The topological polar surface area (TPSA) is 23.6 Å². The van der Waals surface area contributed by atoms with Crippen molar-refractivity contribution < 1.29 is 4.79 Å². The third-order valence-corrected chi connectivity index (χ3v) is 5.40. The van der Waals surface area contributed by atoms with E-state index in [1.165, 1.54) is 18.5 Å². The van der Waals surface area contributed by atoms with E-state index < -0.39 is 0 Å². The molecule has 1 aliphatic rings. The molecule has 1 aliphatic heterocycles. The molecule has 0 bridgehead atoms. The summed E-state index contributed by atoms with van der Waals surface area (Å²) >= 11 is 0. The van der Waals surface area contributed by atoms with Crippen molar-refractivity contribution in [2.75, 3.05) is 31.1 Å². The molecule has 1 saturated heterocycles. The van der Waals surface area contributed by atoms with Gasteiger partial charge in [-0.15, -0.1) is 0 Å². The summed E-state index contributed by atoms with van der Waals surface area (Å²) in [7, 11) is 0. The zero-order valence-corrected chi connectivity index (χ0v) is 15.3. The summed E-state index contributed by atoms with van der Waals surface area (Å²) < 4.78 is 0. The first kappa shape index (κ1) is 17.7. The van der Waals surface area contributed by atoms with Crippen LogP contribution < -0.4 is 4.90 Å². The fourth-order valence-electron chi connectivity index (χ4n) is 3.86. The number of benzene rings is 2. The summed E-state index contributed by atoms with van der Waals surface area (Å²) in [5, 5.41) is 0. The van der Waals surface area contributed by atoms with E-state index in [0.29, 0.717) is 0 Å². The van der Waals surface area contributed by atoms with Gasteiger partial charge in [-0.05, 0) is 36.1 Å². The molecule has 0 radical (unpaired) electrons. The van der Waals surface area contributed by atoms with E-state index in [2.05, 4.69) is 47.9 Å². The van der Waals surface area contributed by atoms with Crippen LogP contribution in [0, 0.1) is 0 Å². The molecule has 1 fully saturated rings. The Morgan fingerprint density at radius 2 is 1.56 bits per heavy atom. The third-order valence-electron chi connectivity index (χ3n) is 5.40. The highest BCUT2D eigenvalue weighted by Crippen LogP contribution is 2.26. The predicted octanol–water partition coefficient (Wildman–Crippen LogP) is 4.48. The molecular formula is C22H28N2O. The highest BCUT2D eigenvalue weighted by molar-refractivity contribution is 5.87. The SMILES string of the molecule is CCC(CC)N1CCN(c2ccc(-c3ccccc3C=O)cc2)CC1. The number of carbonyl (C=O) groups is 1. The number of aldehydes is 1. The quantitative estimate of drug-likeness (QED) is 0.727. The van der Waals surface area contributed by atoms with E-state index in [-0.39, 0.29) is 0 Å². The van der Waals surface area contributed by atoms with Crippen molar-refractivity contribution in [2.45, 2.75) is 32.7 Å². The Labute approximate surface area is 151 Å². The van der Waals surface area contributed by atoms with Crippen molar-refractivity contribution in [3.05, 3.63) is 54.1 Å². The summed E-state index contributed by atoms with van der Waals surface area (Å²) in [6.07, 6.45) is 3.41. The highest BCUT2D eigenvalue weighted by Gasteiger charge is 2.21. The highest BCUT2D eigenvalue weighted by atomic mass is 16.1. The molecule has 25 heavy (non-hydrogen) atoms. The molecule has 3 nitrogen and oxygen atoms in total.